The van der Waals surface area contributed by atoms with Gasteiger partial charge in [-0.15, -0.1) is 0 Å². The molecule has 0 atom stereocenters. The van der Waals surface area contributed by atoms with Crippen molar-refractivity contribution in [2.45, 2.75) is 0 Å². The number of aromatic nitrogens is 1. The molecule has 4 rings (SSSR count). The van der Waals surface area contributed by atoms with Crippen molar-refractivity contribution < 1.29 is 13.9 Å². The standard InChI is InChI=1S/C22H19ClFN3O2/c23-18-13-16(6-8-21(18)27-9-11-29-12-10-27)26-22(28)15-5-7-20(25-14-15)17-3-1-2-4-19(17)24/h1-8,13-14H,9-12H2,(H,26,28). The average Bonchev–Trinajstić information content (AvgIpc) is 2.75. The Kier molecular flexibility index (Phi) is 5.74. The highest BCUT2D eigenvalue weighted by Crippen LogP contribution is 2.29. The molecule has 0 radical (unpaired) electrons. The van der Waals surface area contributed by atoms with Crippen molar-refractivity contribution in [3.63, 3.8) is 0 Å². The maximum absolute atomic E-state index is 13.9. The van der Waals surface area contributed by atoms with Gasteiger partial charge in [0.2, 0.25) is 0 Å². The highest BCUT2D eigenvalue weighted by molar-refractivity contribution is 6.33. The Bertz CT molecular complexity index is 1020. The second-order valence-electron chi connectivity index (χ2n) is 6.63. The van der Waals surface area contributed by atoms with Crippen LogP contribution in [0.3, 0.4) is 0 Å². The van der Waals surface area contributed by atoms with Crippen LogP contribution >= 0.6 is 11.6 Å². The first-order chi connectivity index (χ1) is 14.1. The van der Waals surface area contributed by atoms with Gasteiger partial charge in [0, 0.05) is 30.5 Å². The number of ether oxygens (including phenoxy) is 1. The average molecular weight is 412 g/mol. The molecule has 2 aromatic carbocycles. The molecule has 1 N–H and O–H groups in total. The van der Waals surface area contributed by atoms with E-state index in [1.165, 1.54) is 12.3 Å². The van der Waals surface area contributed by atoms with E-state index in [1.807, 2.05) is 12.1 Å². The number of hydrogen-bond donors (Lipinski definition) is 1. The van der Waals surface area contributed by atoms with Crippen LogP contribution < -0.4 is 10.2 Å². The number of nitrogens with one attached hydrogen (secondary N) is 1. The van der Waals surface area contributed by atoms with Gasteiger partial charge in [-0.25, -0.2) is 4.39 Å². The topological polar surface area (TPSA) is 54.5 Å². The summed E-state index contributed by atoms with van der Waals surface area (Å²) in [5.41, 5.74) is 2.75. The zero-order valence-electron chi connectivity index (χ0n) is 15.6. The van der Waals surface area contributed by atoms with Crippen molar-refractivity contribution in [3.8, 4) is 11.3 Å². The maximum atomic E-state index is 13.9. The van der Waals surface area contributed by atoms with Crippen LogP contribution in [0.1, 0.15) is 10.4 Å². The smallest absolute Gasteiger partial charge is 0.257 e. The lowest BCUT2D eigenvalue weighted by Gasteiger charge is -2.29. The third-order valence-electron chi connectivity index (χ3n) is 4.73. The van der Waals surface area contributed by atoms with Crippen molar-refractivity contribution in [2.75, 3.05) is 36.5 Å². The molecule has 1 aromatic heterocycles. The Morgan fingerprint density at radius 1 is 1.10 bits per heavy atom. The Morgan fingerprint density at radius 2 is 1.90 bits per heavy atom. The van der Waals surface area contributed by atoms with Gasteiger partial charge in [0.15, 0.2) is 0 Å². The van der Waals surface area contributed by atoms with Crippen LogP contribution in [0.15, 0.2) is 60.8 Å². The molecule has 0 bridgehead atoms. The summed E-state index contributed by atoms with van der Waals surface area (Å²) < 4.78 is 19.2. The Morgan fingerprint density at radius 3 is 2.59 bits per heavy atom. The predicted octanol–water partition coefficient (Wildman–Crippen LogP) is 4.63. The zero-order valence-corrected chi connectivity index (χ0v) is 16.3. The predicted molar refractivity (Wildman–Crippen MR) is 112 cm³/mol. The van der Waals surface area contributed by atoms with Gasteiger partial charge in [-0.1, -0.05) is 23.7 Å². The van der Waals surface area contributed by atoms with E-state index in [4.69, 9.17) is 16.3 Å². The molecule has 5 nitrogen and oxygen atoms in total. The van der Waals surface area contributed by atoms with E-state index in [0.717, 1.165) is 18.8 Å². The van der Waals surface area contributed by atoms with Crippen molar-refractivity contribution in [3.05, 3.63) is 77.2 Å². The highest BCUT2D eigenvalue weighted by Gasteiger charge is 2.15. The number of anilines is 2. The van der Waals surface area contributed by atoms with Gasteiger partial charge < -0.3 is 15.0 Å². The van der Waals surface area contributed by atoms with E-state index >= 15 is 0 Å². The summed E-state index contributed by atoms with van der Waals surface area (Å²) in [7, 11) is 0. The van der Waals surface area contributed by atoms with Crippen LogP contribution in [0, 0.1) is 5.82 Å². The van der Waals surface area contributed by atoms with Gasteiger partial charge in [0.05, 0.1) is 35.2 Å². The quantitative estimate of drug-likeness (QED) is 0.680. The number of hydrogen-bond acceptors (Lipinski definition) is 4. The molecular weight excluding hydrogens is 393 g/mol. The normalized spacial score (nSPS) is 13.9. The Labute approximate surface area is 173 Å². The fraction of sp³-hybridized carbons (Fsp3) is 0.182. The van der Waals surface area contributed by atoms with Crippen molar-refractivity contribution in [1.29, 1.82) is 0 Å². The number of carbonyl (C=O) groups is 1. The first-order valence-electron chi connectivity index (χ1n) is 9.26. The molecule has 0 saturated carbocycles. The Hall–Kier alpha value is -2.96. The second-order valence-corrected chi connectivity index (χ2v) is 7.04. The number of halogens is 2. The monoisotopic (exact) mass is 411 g/mol. The minimum absolute atomic E-state index is 0.312. The molecule has 148 valence electrons. The first kappa shape index (κ1) is 19.4. The summed E-state index contributed by atoms with van der Waals surface area (Å²) in [6.07, 6.45) is 1.43. The molecule has 0 spiro atoms. The van der Waals surface area contributed by atoms with Crippen LogP contribution in [-0.2, 0) is 4.74 Å². The van der Waals surface area contributed by atoms with E-state index in [9.17, 15) is 9.18 Å². The minimum atomic E-state index is -0.354. The lowest BCUT2D eigenvalue weighted by atomic mass is 10.1. The number of amides is 1. The summed E-state index contributed by atoms with van der Waals surface area (Å²) in [5.74, 6) is -0.667. The van der Waals surface area contributed by atoms with Crippen LogP contribution in [-0.4, -0.2) is 37.2 Å². The molecule has 1 saturated heterocycles. The molecule has 7 heteroatoms. The van der Waals surface area contributed by atoms with Gasteiger partial charge in [-0.05, 0) is 42.5 Å². The third kappa shape index (κ3) is 4.39. The van der Waals surface area contributed by atoms with E-state index < -0.39 is 0 Å². The summed E-state index contributed by atoms with van der Waals surface area (Å²) in [4.78, 5) is 18.9. The van der Waals surface area contributed by atoms with E-state index in [1.54, 1.807) is 36.4 Å². The number of morpholine rings is 1. The summed E-state index contributed by atoms with van der Waals surface area (Å²) in [6, 6.07) is 15.1. The molecule has 0 aliphatic carbocycles. The van der Waals surface area contributed by atoms with Gasteiger partial charge in [-0.3, -0.25) is 9.78 Å². The van der Waals surface area contributed by atoms with E-state index in [0.29, 0.717) is 40.7 Å². The van der Waals surface area contributed by atoms with E-state index in [-0.39, 0.29) is 11.7 Å². The first-order valence-corrected chi connectivity index (χ1v) is 9.64. The molecular formula is C22H19ClFN3O2. The van der Waals surface area contributed by atoms with Gasteiger partial charge in [0.25, 0.3) is 5.91 Å². The SMILES string of the molecule is O=C(Nc1ccc(N2CCOCC2)c(Cl)c1)c1ccc(-c2ccccc2F)nc1. The van der Waals surface area contributed by atoms with Crippen molar-refractivity contribution in [2.24, 2.45) is 0 Å². The van der Waals surface area contributed by atoms with Gasteiger partial charge in [0.1, 0.15) is 5.82 Å². The number of pyridine rings is 1. The maximum Gasteiger partial charge on any atom is 0.257 e. The summed E-state index contributed by atoms with van der Waals surface area (Å²) in [5, 5.41) is 3.39. The van der Waals surface area contributed by atoms with Crippen LogP contribution in [0.25, 0.3) is 11.3 Å². The van der Waals surface area contributed by atoms with Crippen molar-refractivity contribution in [1.82, 2.24) is 4.98 Å². The molecule has 3 aromatic rings. The molecule has 1 aliphatic rings. The van der Waals surface area contributed by atoms with Gasteiger partial charge in [-0.2, -0.15) is 0 Å². The lowest BCUT2D eigenvalue weighted by molar-refractivity contribution is 0.102. The highest BCUT2D eigenvalue weighted by atomic mass is 35.5. The van der Waals surface area contributed by atoms with Crippen LogP contribution in [0.2, 0.25) is 5.02 Å². The number of nitrogens with zero attached hydrogens (tertiary/aromatic N) is 2. The number of rotatable bonds is 4. The molecule has 1 amide bonds. The summed E-state index contributed by atoms with van der Waals surface area (Å²) >= 11 is 6.41. The second kappa shape index (κ2) is 8.59. The zero-order chi connectivity index (χ0) is 20.2. The van der Waals surface area contributed by atoms with Crippen LogP contribution in [0.5, 0.6) is 0 Å². The third-order valence-corrected chi connectivity index (χ3v) is 5.04. The number of benzene rings is 2. The molecule has 1 fully saturated rings. The number of carbonyl (C=O) groups excluding carboxylic acids is 1. The van der Waals surface area contributed by atoms with E-state index in [2.05, 4.69) is 15.2 Å². The van der Waals surface area contributed by atoms with Gasteiger partial charge >= 0.3 is 0 Å². The fourth-order valence-corrected chi connectivity index (χ4v) is 3.51. The largest absolute Gasteiger partial charge is 0.378 e. The Balaban J connectivity index is 1.46. The lowest BCUT2D eigenvalue weighted by Crippen LogP contribution is -2.36. The minimum Gasteiger partial charge on any atom is -0.378 e. The molecule has 29 heavy (non-hydrogen) atoms. The summed E-state index contributed by atoms with van der Waals surface area (Å²) in [6.45, 7) is 2.91. The fourth-order valence-electron chi connectivity index (χ4n) is 3.21. The molecule has 0 unspecified atom stereocenters. The molecule has 1 aliphatic heterocycles. The van der Waals surface area contributed by atoms with Crippen molar-refractivity contribution >= 4 is 28.9 Å². The van der Waals surface area contributed by atoms with Crippen LogP contribution in [0.4, 0.5) is 15.8 Å². The molecule has 2 heterocycles.